The predicted molar refractivity (Wildman–Crippen MR) is 79.3 cm³/mol. The van der Waals surface area contributed by atoms with E-state index < -0.39 is 0 Å². The number of hydrogen-bond acceptors (Lipinski definition) is 3. The fraction of sp³-hybridized carbons (Fsp3) is 0.333. The summed E-state index contributed by atoms with van der Waals surface area (Å²) in [5, 5.41) is 21.1. The van der Waals surface area contributed by atoms with Gasteiger partial charge in [-0.1, -0.05) is 15.9 Å². The smallest absolute Gasteiger partial charge is 0.173 e. The third-order valence-electron chi connectivity index (χ3n) is 2.25. The van der Waals surface area contributed by atoms with Gasteiger partial charge in [0.1, 0.15) is 0 Å². The van der Waals surface area contributed by atoms with E-state index in [9.17, 15) is 0 Å². The molecule has 2 N–H and O–H groups in total. The second kappa shape index (κ2) is 8.03. The van der Waals surface area contributed by atoms with Crippen LogP contribution < -0.4 is 5.32 Å². The maximum Gasteiger partial charge on any atom is 0.173 e. The number of halogens is 1. The van der Waals surface area contributed by atoms with Crippen molar-refractivity contribution in [2.75, 3.05) is 25.0 Å². The van der Waals surface area contributed by atoms with Gasteiger partial charge in [0.2, 0.25) is 0 Å². The standard InChI is InChI=1S/C12H14BrN3OS/c13-10-2-4-11(5-3-10)15-12(18)16(8-9-17)7-1-6-14/h2-5,17H,1,7-9H2,(H,15,18). The Hall–Kier alpha value is -1.16. The highest BCUT2D eigenvalue weighted by molar-refractivity contribution is 9.10. The molecule has 0 radical (unpaired) electrons. The Labute approximate surface area is 120 Å². The molecule has 1 aromatic carbocycles. The highest BCUT2D eigenvalue weighted by atomic mass is 79.9. The number of nitriles is 1. The SMILES string of the molecule is N#CCCN(CCO)C(=S)Nc1ccc(Br)cc1. The number of thiocarbonyl (C=S) groups is 1. The number of rotatable bonds is 5. The van der Waals surface area contributed by atoms with Crippen molar-refractivity contribution in [3.63, 3.8) is 0 Å². The minimum absolute atomic E-state index is 0.00753. The number of aliphatic hydroxyl groups is 1. The summed E-state index contributed by atoms with van der Waals surface area (Å²) in [6.07, 6.45) is 0.377. The molecular weight excluding hydrogens is 314 g/mol. The number of nitrogens with one attached hydrogen (secondary N) is 1. The second-order valence-electron chi connectivity index (χ2n) is 3.56. The van der Waals surface area contributed by atoms with Crippen molar-refractivity contribution in [2.45, 2.75) is 6.42 Å². The molecule has 0 heterocycles. The fourth-order valence-electron chi connectivity index (χ4n) is 1.36. The zero-order valence-corrected chi connectivity index (χ0v) is 12.2. The van der Waals surface area contributed by atoms with E-state index >= 15 is 0 Å². The summed E-state index contributed by atoms with van der Waals surface area (Å²) in [6, 6.07) is 9.69. The third kappa shape index (κ3) is 5.00. The van der Waals surface area contributed by atoms with Crippen LogP contribution in [0.3, 0.4) is 0 Å². The quantitative estimate of drug-likeness (QED) is 0.813. The van der Waals surface area contributed by atoms with E-state index in [0.717, 1.165) is 10.2 Å². The molecule has 0 amide bonds. The lowest BCUT2D eigenvalue weighted by molar-refractivity contribution is 0.252. The molecule has 0 saturated heterocycles. The zero-order valence-electron chi connectivity index (χ0n) is 9.77. The van der Waals surface area contributed by atoms with Crippen molar-refractivity contribution in [2.24, 2.45) is 0 Å². The summed E-state index contributed by atoms with van der Waals surface area (Å²) >= 11 is 8.61. The molecule has 96 valence electrons. The van der Waals surface area contributed by atoms with Gasteiger partial charge in [0, 0.05) is 23.2 Å². The van der Waals surface area contributed by atoms with Crippen LogP contribution in [-0.2, 0) is 0 Å². The van der Waals surface area contributed by atoms with Gasteiger partial charge < -0.3 is 15.3 Å². The first kappa shape index (κ1) is 14.9. The average molecular weight is 328 g/mol. The van der Waals surface area contributed by atoms with Crippen LogP contribution in [0.1, 0.15) is 6.42 Å². The van der Waals surface area contributed by atoms with E-state index in [4.69, 9.17) is 22.6 Å². The van der Waals surface area contributed by atoms with E-state index in [2.05, 4.69) is 27.3 Å². The van der Waals surface area contributed by atoms with Crippen molar-refractivity contribution >= 4 is 38.9 Å². The molecule has 0 fully saturated rings. The molecule has 1 rings (SSSR count). The van der Waals surface area contributed by atoms with E-state index in [1.807, 2.05) is 24.3 Å². The predicted octanol–water partition coefficient (Wildman–Crippen LogP) is 2.35. The largest absolute Gasteiger partial charge is 0.395 e. The second-order valence-corrected chi connectivity index (χ2v) is 4.86. The Balaban J connectivity index is 2.60. The van der Waals surface area contributed by atoms with Gasteiger partial charge in [0.05, 0.1) is 19.1 Å². The molecule has 1 aromatic rings. The van der Waals surface area contributed by atoms with Crippen molar-refractivity contribution in [1.82, 2.24) is 4.90 Å². The summed E-state index contributed by atoms with van der Waals surface area (Å²) in [5.74, 6) is 0. The first-order chi connectivity index (χ1) is 8.67. The normalized spacial score (nSPS) is 9.61. The van der Waals surface area contributed by atoms with Gasteiger partial charge in [-0.25, -0.2) is 0 Å². The van der Waals surface area contributed by atoms with Gasteiger partial charge >= 0.3 is 0 Å². The lowest BCUT2D eigenvalue weighted by atomic mass is 10.3. The number of nitrogens with zero attached hydrogens (tertiary/aromatic N) is 2. The van der Waals surface area contributed by atoms with Crippen molar-refractivity contribution in [3.8, 4) is 6.07 Å². The van der Waals surface area contributed by atoms with Crippen LogP contribution in [0.25, 0.3) is 0 Å². The molecular formula is C12H14BrN3OS. The van der Waals surface area contributed by atoms with Gasteiger partial charge in [-0.15, -0.1) is 0 Å². The molecule has 18 heavy (non-hydrogen) atoms. The van der Waals surface area contributed by atoms with E-state index in [-0.39, 0.29) is 6.61 Å². The average Bonchev–Trinajstić information content (AvgIpc) is 2.37. The molecule has 0 aromatic heterocycles. The van der Waals surface area contributed by atoms with Crippen LogP contribution in [0.2, 0.25) is 0 Å². The topological polar surface area (TPSA) is 59.3 Å². The molecule has 0 aliphatic carbocycles. The number of anilines is 1. The summed E-state index contributed by atoms with van der Waals surface area (Å²) in [4.78, 5) is 1.78. The van der Waals surface area contributed by atoms with Crippen LogP contribution in [-0.4, -0.2) is 34.8 Å². The van der Waals surface area contributed by atoms with Crippen molar-refractivity contribution in [1.29, 1.82) is 5.26 Å². The van der Waals surface area contributed by atoms with Crippen LogP contribution in [0.4, 0.5) is 5.69 Å². The summed E-state index contributed by atoms with van der Waals surface area (Å²) in [6.45, 7) is 0.942. The fourth-order valence-corrected chi connectivity index (χ4v) is 1.92. The lowest BCUT2D eigenvalue weighted by Crippen LogP contribution is -2.37. The number of benzene rings is 1. The lowest BCUT2D eigenvalue weighted by Gasteiger charge is -2.24. The summed E-state index contributed by atoms with van der Waals surface area (Å²) in [7, 11) is 0. The first-order valence-corrected chi connectivity index (χ1v) is 6.67. The van der Waals surface area contributed by atoms with Crippen LogP contribution >= 0.6 is 28.1 Å². The molecule has 0 aliphatic heterocycles. The molecule has 0 spiro atoms. The zero-order chi connectivity index (χ0) is 13.4. The molecule has 6 heteroatoms. The molecule has 4 nitrogen and oxygen atoms in total. The molecule has 0 atom stereocenters. The Bertz CT molecular complexity index is 430. The third-order valence-corrected chi connectivity index (χ3v) is 3.14. The van der Waals surface area contributed by atoms with E-state index in [1.54, 1.807) is 4.90 Å². The summed E-state index contributed by atoms with van der Waals surface area (Å²) < 4.78 is 0.996. The Morgan fingerprint density at radius 2 is 2.06 bits per heavy atom. The Morgan fingerprint density at radius 3 is 2.61 bits per heavy atom. The van der Waals surface area contributed by atoms with Crippen LogP contribution in [0, 0.1) is 11.3 Å². The summed E-state index contributed by atoms with van der Waals surface area (Å²) in [5.41, 5.74) is 0.878. The van der Waals surface area contributed by atoms with Crippen LogP contribution in [0.5, 0.6) is 0 Å². The van der Waals surface area contributed by atoms with Gasteiger partial charge in [-0.2, -0.15) is 5.26 Å². The van der Waals surface area contributed by atoms with Gasteiger partial charge in [0.25, 0.3) is 0 Å². The van der Waals surface area contributed by atoms with Crippen LogP contribution in [0.15, 0.2) is 28.7 Å². The maximum absolute atomic E-state index is 8.97. The Morgan fingerprint density at radius 1 is 1.39 bits per heavy atom. The highest BCUT2D eigenvalue weighted by Crippen LogP contribution is 2.14. The first-order valence-electron chi connectivity index (χ1n) is 5.46. The Kier molecular flexibility index (Phi) is 6.65. The minimum Gasteiger partial charge on any atom is -0.395 e. The molecule has 0 unspecified atom stereocenters. The van der Waals surface area contributed by atoms with E-state index in [0.29, 0.717) is 24.6 Å². The molecule has 0 bridgehead atoms. The van der Waals surface area contributed by atoms with Gasteiger partial charge in [-0.05, 0) is 36.5 Å². The molecule has 0 saturated carbocycles. The number of aliphatic hydroxyl groups excluding tert-OH is 1. The number of hydrogen-bond donors (Lipinski definition) is 2. The highest BCUT2D eigenvalue weighted by Gasteiger charge is 2.08. The maximum atomic E-state index is 8.97. The van der Waals surface area contributed by atoms with Crippen molar-refractivity contribution < 1.29 is 5.11 Å². The van der Waals surface area contributed by atoms with Gasteiger partial charge in [0.15, 0.2) is 5.11 Å². The minimum atomic E-state index is 0.00753. The molecule has 0 aliphatic rings. The van der Waals surface area contributed by atoms with Gasteiger partial charge in [-0.3, -0.25) is 0 Å². The van der Waals surface area contributed by atoms with Crippen molar-refractivity contribution in [3.05, 3.63) is 28.7 Å². The monoisotopic (exact) mass is 327 g/mol. The van der Waals surface area contributed by atoms with E-state index in [1.165, 1.54) is 0 Å².